The van der Waals surface area contributed by atoms with Gasteiger partial charge in [-0.25, -0.2) is 4.98 Å². The Labute approximate surface area is 167 Å². The molecule has 3 rings (SSSR count). The molecule has 2 amide bonds. The molecule has 0 atom stereocenters. The molecular formula is C19H23ClN4O2S. The van der Waals surface area contributed by atoms with E-state index in [1.807, 2.05) is 37.4 Å². The highest BCUT2D eigenvalue weighted by Crippen LogP contribution is 2.24. The van der Waals surface area contributed by atoms with Crippen LogP contribution in [-0.2, 0) is 9.59 Å². The zero-order valence-electron chi connectivity index (χ0n) is 15.4. The molecule has 1 aromatic heterocycles. The van der Waals surface area contributed by atoms with Crippen molar-refractivity contribution < 1.29 is 9.59 Å². The molecule has 2 heterocycles. The van der Waals surface area contributed by atoms with E-state index in [4.69, 9.17) is 11.6 Å². The normalized spacial score (nSPS) is 15.5. The van der Waals surface area contributed by atoms with Gasteiger partial charge in [0.2, 0.25) is 11.8 Å². The number of aryl methyl sites for hydroxylation is 2. The van der Waals surface area contributed by atoms with Crippen molar-refractivity contribution in [2.45, 2.75) is 26.7 Å². The minimum absolute atomic E-state index is 0.0138. The van der Waals surface area contributed by atoms with Crippen molar-refractivity contribution in [3.63, 3.8) is 0 Å². The number of hydrogen-bond donors (Lipinski definition) is 2. The topological polar surface area (TPSA) is 74.3 Å². The van der Waals surface area contributed by atoms with Gasteiger partial charge in [-0.05, 0) is 57.5 Å². The van der Waals surface area contributed by atoms with E-state index in [1.165, 1.54) is 11.3 Å². The monoisotopic (exact) mass is 406 g/mol. The Morgan fingerprint density at radius 1 is 1.26 bits per heavy atom. The summed E-state index contributed by atoms with van der Waals surface area (Å²) in [4.78, 5) is 31.0. The lowest BCUT2D eigenvalue weighted by Crippen LogP contribution is -2.41. The van der Waals surface area contributed by atoms with E-state index in [0.29, 0.717) is 35.5 Å². The highest BCUT2D eigenvalue weighted by Gasteiger charge is 2.26. The maximum atomic E-state index is 12.4. The van der Waals surface area contributed by atoms with E-state index in [-0.39, 0.29) is 17.7 Å². The number of nitrogens with zero attached hydrogens (tertiary/aromatic N) is 2. The number of nitrogens with one attached hydrogen (secondary N) is 2. The molecule has 0 bridgehead atoms. The predicted octanol–water partition coefficient (Wildman–Crippen LogP) is 3.70. The van der Waals surface area contributed by atoms with Crippen LogP contribution in [0.5, 0.6) is 0 Å². The van der Waals surface area contributed by atoms with E-state index in [1.54, 1.807) is 0 Å². The average Bonchev–Trinajstić information content (AvgIpc) is 3.03. The summed E-state index contributed by atoms with van der Waals surface area (Å²) in [5.41, 5.74) is 2.58. The summed E-state index contributed by atoms with van der Waals surface area (Å²) in [6, 6.07) is 5.55. The van der Waals surface area contributed by atoms with Crippen LogP contribution in [0, 0.1) is 19.8 Å². The molecule has 2 N–H and O–H groups in total. The number of aromatic nitrogens is 1. The van der Waals surface area contributed by atoms with Crippen molar-refractivity contribution in [2.75, 3.05) is 30.3 Å². The van der Waals surface area contributed by atoms with Gasteiger partial charge in [-0.15, -0.1) is 11.3 Å². The molecule has 1 aliphatic heterocycles. The van der Waals surface area contributed by atoms with Gasteiger partial charge in [0.15, 0.2) is 5.13 Å². The van der Waals surface area contributed by atoms with Crippen LogP contribution in [-0.4, -0.2) is 41.3 Å². The zero-order chi connectivity index (χ0) is 19.4. The van der Waals surface area contributed by atoms with Crippen LogP contribution >= 0.6 is 22.9 Å². The molecule has 144 valence electrons. The van der Waals surface area contributed by atoms with E-state index >= 15 is 0 Å². The first kappa shape index (κ1) is 19.8. The molecular weight excluding hydrogens is 384 g/mol. The Bertz CT molecular complexity index is 831. The fourth-order valence-corrected chi connectivity index (χ4v) is 4.06. The van der Waals surface area contributed by atoms with Crippen molar-refractivity contribution in [1.29, 1.82) is 0 Å². The van der Waals surface area contributed by atoms with Crippen LogP contribution in [0.3, 0.4) is 0 Å². The number of anilines is 2. The number of carbonyl (C=O) groups excluding carboxylic acids is 2. The molecule has 0 saturated carbocycles. The van der Waals surface area contributed by atoms with E-state index in [9.17, 15) is 9.59 Å². The third kappa shape index (κ3) is 5.51. The number of likely N-dealkylation sites (tertiary alicyclic amines) is 1. The standard InChI is InChI=1S/C19H23ClN4O2S/c1-12-3-4-16(15(20)9-12)22-17(25)10-24-7-5-14(6-8-24)18(26)23-19-21-13(2)11-27-19/h3-4,9,11,14H,5-8,10H2,1-2H3,(H,22,25)(H,21,23,26). The van der Waals surface area contributed by atoms with Crippen molar-refractivity contribution in [3.8, 4) is 0 Å². The summed E-state index contributed by atoms with van der Waals surface area (Å²) in [7, 11) is 0. The number of hydrogen-bond acceptors (Lipinski definition) is 5. The quantitative estimate of drug-likeness (QED) is 0.793. The van der Waals surface area contributed by atoms with Crippen molar-refractivity contribution in [1.82, 2.24) is 9.88 Å². The Hall–Kier alpha value is -1.96. The maximum absolute atomic E-state index is 12.4. The summed E-state index contributed by atoms with van der Waals surface area (Å²) in [6.07, 6.45) is 1.46. The third-order valence-electron chi connectivity index (χ3n) is 4.57. The van der Waals surface area contributed by atoms with E-state index < -0.39 is 0 Å². The minimum atomic E-state index is -0.0954. The van der Waals surface area contributed by atoms with Gasteiger partial charge in [-0.3, -0.25) is 14.5 Å². The van der Waals surface area contributed by atoms with E-state index in [0.717, 1.165) is 24.1 Å². The van der Waals surface area contributed by atoms with Gasteiger partial charge in [0.1, 0.15) is 0 Å². The van der Waals surface area contributed by atoms with Crippen LogP contribution in [0.15, 0.2) is 23.6 Å². The lowest BCUT2D eigenvalue weighted by Gasteiger charge is -2.30. The van der Waals surface area contributed by atoms with Gasteiger partial charge >= 0.3 is 0 Å². The van der Waals surface area contributed by atoms with Crippen molar-refractivity contribution in [3.05, 3.63) is 39.9 Å². The highest BCUT2D eigenvalue weighted by atomic mass is 35.5. The lowest BCUT2D eigenvalue weighted by molar-refractivity contribution is -0.121. The van der Waals surface area contributed by atoms with Gasteiger partial charge in [-0.1, -0.05) is 17.7 Å². The number of rotatable bonds is 5. The second-order valence-corrected chi connectivity index (χ2v) is 8.13. The van der Waals surface area contributed by atoms with Crippen LogP contribution in [0.25, 0.3) is 0 Å². The maximum Gasteiger partial charge on any atom is 0.238 e. The molecule has 0 unspecified atom stereocenters. The second kappa shape index (κ2) is 8.82. The van der Waals surface area contributed by atoms with Crippen molar-refractivity contribution in [2.24, 2.45) is 5.92 Å². The van der Waals surface area contributed by atoms with Crippen LogP contribution in [0.1, 0.15) is 24.1 Å². The van der Waals surface area contributed by atoms with Gasteiger partial charge in [0.05, 0.1) is 22.9 Å². The van der Waals surface area contributed by atoms with Crippen LogP contribution in [0.4, 0.5) is 10.8 Å². The Morgan fingerprint density at radius 3 is 2.63 bits per heavy atom. The SMILES string of the molecule is Cc1ccc(NC(=O)CN2CCC(C(=O)Nc3nc(C)cs3)CC2)c(Cl)c1. The minimum Gasteiger partial charge on any atom is -0.324 e. The number of carbonyl (C=O) groups is 2. The summed E-state index contributed by atoms with van der Waals surface area (Å²) >= 11 is 7.60. The molecule has 8 heteroatoms. The second-order valence-electron chi connectivity index (χ2n) is 6.87. The van der Waals surface area contributed by atoms with Gasteiger partial charge < -0.3 is 10.6 Å². The molecule has 0 aliphatic carbocycles. The molecule has 1 saturated heterocycles. The molecule has 0 radical (unpaired) electrons. The predicted molar refractivity (Wildman–Crippen MR) is 109 cm³/mol. The molecule has 1 fully saturated rings. The number of thiazole rings is 1. The smallest absolute Gasteiger partial charge is 0.238 e. The van der Waals surface area contributed by atoms with Gasteiger partial charge in [0, 0.05) is 11.3 Å². The number of piperidine rings is 1. The molecule has 1 aliphatic rings. The lowest BCUT2D eigenvalue weighted by atomic mass is 9.96. The van der Waals surface area contributed by atoms with E-state index in [2.05, 4.69) is 20.5 Å². The largest absolute Gasteiger partial charge is 0.324 e. The fraction of sp³-hybridized carbons (Fsp3) is 0.421. The number of benzene rings is 1. The average molecular weight is 407 g/mol. The fourth-order valence-electron chi connectivity index (χ4n) is 3.09. The molecule has 2 aromatic rings. The summed E-state index contributed by atoms with van der Waals surface area (Å²) in [5.74, 6) is -0.123. The zero-order valence-corrected chi connectivity index (χ0v) is 17.0. The molecule has 1 aromatic carbocycles. The Balaban J connectivity index is 1.44. The summed E-state index contributed by atoms with van der Waals surface area (Å²) in [6.45, 7) is 5.57. The molecule has 27 heavy (non-hydrogen) atoms. The highest BCUT2D eigenvalue weighted by molar-refractivity contribution is 7.13. The van der Waals surface area contributed by atoms with Gasteiger partial charge in [0.25, 0.3) is 0 Å². The number of halogens is 1. The summed E-state index contributed by atoms with van der Waals surface area (Å²) < 4.78 is 0. The van der Waals surface area contributed by atoms with Crippen LogP contribution < -0.4 is 10.6 Å². The Kier molecular flexibility index (Phi) is 6.46. The summed E-state index contributed by atoms with van der Waals surface area (Å²) in [5, 5.41) is 8.84. The number of amides is 2. The first-order valence-corrected chi connectivity index (χ1v) is 10.2. The molecule has 0 spiro atoms. The third-order valence-corrected chi connectivity index (χ3v) is 5.76. The van der Waals surface area contributed by atoms with Crippen LogP contribution in [0.2, 0.25) is 5.02 Å². The Morgan fingerprint density at radius 2 is 2.00 bits per heavy atom. The van der Waals surface area contributed by atoms with Crippen molar-refractivity contribution >= 4 is 45.6 Å². The first-order chi connectivity index (χ1) is 12.9. The molecule has 6 nitrogen and oxygen atoms in total. The van der Waals surface area contributed by atoms with Gasteiger partial charge in [-0.2, -0.15) is 0 Å². The first-order valence-electron chi connectivity index (χ1n) is 8.92.